The van der Waals surface area contributed by atoms with E-state index in [1.165, 1.54) is 18.2 Å². The van der Waals surface area contributed by atoms with Crippen LogP contribution in [0.25, 0.3) is 0 Å². The summed E-state index contributed by atoms with van der Waals surface area (Å²) >= 11 is 11.5. The summed E-state index contributed by atoms with van der Waals surface area (Å²) in [7, 11) is 0. The standard InChI is InChI=1S/C11H10Cl2N2O2/c12-8-3-7(4-9(13)5-8)11(17)15-14-10(16)6-1-2-6/h3-6H,1-2H2,(H,14,16)(H,15,17). The zero-order valence-electron chi connectivity index (χ0n) is 8.80. The van der Waals surface area contributed by atoms with Gasteiger partial charge in [0, 0.05) is 21.5 Å². The van der Waals surface area contributed by atoms with Crippen LogP contribution in [0, 0.1) is 5.92 Å². The highest BCUT2D eigenvalue weighted by Gasteiger charge is 2.29. The molecule has 0 radical (unpaired) electrons. The zero-order chi connectivity index (χ0) is 12.4. The summed E-state index contributed by atoms with van der Waals surface area (Å²) < 4.78 is 0. The van der Waals surface area contributed by atoms with Crippen molar-refractivity contribution < 1.29 is 9.59 Å². The number of benzene rings is 1. The monoisotopic (exact) mass is 272 g/mol. The average Bonchev–Trinajstić information content (AvgIpc) is 3.07. The van der Waals surface area contributed by atoms with E-state index in [1.54, 1.807) is 0 Å². The quantitative estimate of drug-likeness (QED) is 0.811. The van der Waals surface area contributed by atoms with E-state index in [4.69, 9.17) is 23.2 Å². The molecule has 0 saturated heterocycles. The highest BCUT2D eigenvalue weighted by atomic mass is 35.5. The first-order valence-electron chi connectivity index (χ1n) is 5.12. The summed E-state index contributed by atoms with van der Waals surface area (Å²) in [5, 5.41) is 0.743. The van der Waals surface area contributed by atoms with Crippen LogP contribution in [0.4, 0.5) is 0 Å². The number of hydrazine groups is 1. The van der Waals surface area contributed by atoms with Gasteiger partial charge >= 0.3 is 0 Å². The van der Waals surface area contributed by atoms with Crippen LogP contribution in [0.5, 0.6) is 0 Å². The Labute approximate surface area is 108 Å². The first-order chi connectivity index (χ1) is 8.06. The molecular formula is C11H10Cl2N2O2. The van der Waals surface area contributed by atoms with Gasteiger partial charge in [0.05, 0.1) is 0 Å². The van der Waals surface area contributed by atoms with E-state index in [-0.39, 0.29) is 11.8 Å². The van der Waals surface area contributed by atoms with E-state index >= 15 is 0 Å². The normalized spacial score (nSPS) is 14.2. The van der Waals surface area contributed by atoms with Crippen LogP contribution in [0.3, 0.4) is 0 Å². The Morgan fingerprint density at radius 3 is 2.18 bits per heavy atom. The largest absolute Gasteiger partial charge is 0.273 e. The van der Waals surface area contributed by atoms with Gasteiger partial charge in [-0.25, -0.2) is 0 Å². The Bertz CT molecular complexity index is 452. The van der Waals surface area contributed by atoms with E-state index < -0.39 is 5.91 Å². The van der Waals surface area contributed by atoms with E-state index in [0.29, 0.717) is 15.6 Å². The van der Waals surface area contributed by atoms with Crippen molar-refractivity contribution in [2.24, 2.45) is 5.92 Å². The molecule has 2 N–H and O–H groups in total. The van der Waals surface area contributed by atoms with Gasteiger partial charge in [-0.2, -0.15) is 0 Å². The first-order valence-corrected chi connectivity index (χ1v) is 5.88. The Balaban J connectivity index is 1.96. The lowest BCUT2D eigenvalue weighted by Crippen LogP contribution is -2.42. The van der Waals surface area contributed by atoms with E-state index in [2.05, 4.69) is 10.9 Å². The van der Waals surface area contributed by atoms with Crippen molar-refractivity contribution in [3.05, 3.63) is 33.8 Å². The molecule has 90 valence electrons. The van der Waals surface area contributed by atoms with Crippen molar-refractivity contribution in [1.29, 1.82) is 0 Å². The fourth-order valence-corrected chi connectivity index (χ4v) is 1.85. The number of amides is 2. The zero-order valence-corrected chi connectivity index (χ0v) is 10.3. The van der Waals surface area contributed by atoms with Crippen molar-refractivity contribution in [2.45, 2.75) is 12.8 Å². The third-order valence-electron chi connectivity index (χ3n) is 2.37. The van der Waals surface area contributed by atoms with Gasteiger partial charge in [-0.1, -0.05) is 23.2 Å². The molecule has 1 aliphatic carbocycles. The Morgan fingerprint density at radius 1 is 1.06 bits per heavy atom. The Kier molecular flexibility index (Phi) is 3.54. The minimum atomic E-state index is -0.441. The lowest BCUT2D eigenvalue weighted by molar-refractivity contribution is -0.123. The van der Waals surface area contributed by atoms with Crippen LogP contribution in [-0.4, -0.2) is 11.8 Å². The number of rotatable bonds is 2. The minimum absolute atomic E-state index is 0.0400. The highest BCUT2D eigenvalue weighted by molar-refractivity contribution is 6.35. The molecule has 1 fully saturated rings. The third kappa shape index (κ3) is 3.35. The fourth-order valence-electron chi connectivity index (χ4n) is 1.32. The minimum Gasteiger partial charge on any atom is -0.273 e. The molecule has 2 rings (SSSR count). The average molecular weight is 273 g/mol. The number of halogens is 2. The molecule has 1 aromatic rings. The first kappa shape index (κ1) is 12.2. The van der Waals surface area contributed by atoms with Gasteiger partial charge in [-0.05, 0) is 31.0 Å². The Morgan fingerprint density at radius 2 is 1.65 bits per heavy atom. The van der Waals surface area contributed by atoms with E-state index in [0.717, 1.165) is 12.8 Å². The summed E-state index contributed by atoms with van der Waals surface area (Å²) in [5.74, 6) is -0.562. The molecule has 17 heavy (non-hydrogen) atoms. The maximum atomic E-state index is 11.7. The number of nitrogens with one attached hydrogen (secondary N) is 2. The van der Waals surface area contributed by atoms with Crippen molar-refractivity contribution in [3.8, 4) is 0 Å². The van der Waals surface area contributed by atoms with Crippen LogP contribution >= 0.6 is 23.2 Å². The maximum absolute atomic E-state index is 11.7. The molecule has 4 nitrogen and oxygen atoms in total. The summed E-state index contributed by atoms with van der Waals surface area (Å²) in [6, 6.07) is 4.49. The fraction of sp³-hybridized carbons (Fsp3) is 0.273. The predicted molar refractivity (Wildman–Crippen MR) is 64.8 cm³/mol. The molecule has 1 saturated carbocycles. The van der Waals surface area contributed by atoms with Gasteiger partial charge in [-0.15, -0.1) is 0 Å². The molecular weight excluding hydrogens is 263 g/mol. The van der Waals surface area contributed by atoms with E-state index in [1.807, 2.05) is 0 Å². The molecule has 0 aliphatic heterocycles. The molecule has 2 amide bonds. The molecule has 0 atom stereocenters. The topological polar surface area (TPSA) is 58.2 Å². The van der Waals surface area contributed by atoms with Gasteiger partial charge in [0.25, 0.3) is 5.91 Å². The molecule has 0 aromatic heterocycles. The summed E-state index contributed by atoms with van der Waals surface area (Å²) in [4.78, 5) is 23.0. The smallest absolute Gasteiger partial charge is 0.269 e. The molecule has 0 unspecified atom stereocenters. The van der Waals surface area contributed by atoms with Crippen molar-refractivity contribution in [1.82, 2.24) is 10.9 Å². The molecule has 0 spiro atoms. The third-order valence-corrected chi connectivity index (χ3v) is 2.81. The highest BCUT2D eigenvalue weighted by Crippen LogP contribution is 2.28. The molecule has 6 heteroatoms. The number of carbonyl (C=O) groups excluding carboxylic acids is 2. The SMILES string of the molecule is O=C(NNC(=O)C1CC1)c1cc(Cl)cc(Cl)c1. The number of carbonyl (C=O) groups is 2. The lowest BCUT2D eigenvalue weighted by atomic mass is 10.2. The predicted octanol–water partition coefficient (Wildman–Crippen LogP) is 2.16. The van der Waals surface area contributed by atoms with Gasteiger partial charge < -0.3 is 0 Å². The molecule has 0 bridgehead atoms. The maximum Gasteiger partial charge on any atom is 0.269 e. The summed E-state index contributed by atoms with van der Waals surface area (Å²) in [5.41, 5.74) is 4.98. The van der Waals surface area contributed by atoms with E-state index in [9.17, 15) is 9.59 Å². The van der Waals surface area contributed by atoms with Crippen molar-refractivity contribution >= 4 is 35.0 Å². The van der Waals surface area contributed by atoms with Gasteiger partial charge in [-0.3, -0.25) is 20.4 Å². The lowest BCUT2D eigenvalue weighted by Gasteiger charge is -2.07. The molecule has 1 aromatic carbocycles. The summed E-state index contributed by atoms with van der Waals surface area (Å²) in [6.45, 7) is 0. The molecule has 1 aliphatic rings. The van der Waals surface area contributed by atoms with Crippen LogP contribution in [0.1, 0.15) is 23.2 Å². The second-order valence-electron chi connectivity index (χ2n) is 3.88. The van der Waals surface area contributed by atoms with Crippen LogP contribution in [-0.2, 0) is 4.79 Å². The second-order valence-corrected chi connectivity index (χ2v) is 4.75. The van der Waals surface area contributed by atoms with Gasteiger partial charge in [0.1, 0.15) is 0 Å². The van der Waals surface area contributed by atoms with Crippen LogP contribution < -0.4 is 10.9 Å². The van der Waals surface area contributed by atoms with Crippen molar-refractivity contribution in [3.63, 3.8) is 0 Å². The molecule has 0 heterocycles. The number of hydrogen-bond acceptors (Lipinski definition) is 2. The van der Waals surface area contributed by atoms with Crippen LogP contribution in [0.15, 0.2) is 18.2 Å². The van der Waals surface area contributed by atoms with Crippen LogP contribution in [0.2, 0.25) is 10.0 Å². The second kappa shape index (κ2) is 4.94. The van der Waals surface area contributed by atoms with Gasteiger partial charge in [0.15, 0.2) is 0 Å². The Hall–Kier alpha value is -1.26. The summed E-state index contributed by atoms with van der Waals surface area (Å²) in [6.07, 6.45) is 1.76. The van der Waals surface area contributed by atoms with Gasteiger partial charge in [0.2, 0.25) is 5.91 Å². The number of hydrogen-bond donors (Lipinski definition) is 2. The van der Waals surface area contributed by atoms with Crippen molar-refractivity contribution in [2.75, 3.05) is 0 Å².